The van der Waals surface area contributed by atoms with E-state index in [2.05, 4.69) is 16.3 Å². The van der Waals surface area contributed by atoms with Crippen molar-refractivity contribution in [1.82, 2.24) is 14.9 Å². The number of amides is 1. The molecule has 1 aromatic carbocycles. The molecule has 2 aliphatic heterocycles. The molecule has 2 saturated heterocycles. The largest absolute Gasteiger partial charge is 0.464 e. The summed E-state index contributed by atoms with van der Waals surface area (Å²) in [5.41, 5.74) is 1.61. The van der Waals surface area contributed by atoms with Crippen LogP contribution in [0.25, 0.3) is 10.2 Å². The zero-order valence-electron chi connectivity index (χ0n) is 18.5. The summed E-state index contributed by atoms with van der Waals surface area (Å²) in [6.07, 6.45) is 3.51. The molecule has 5 rings (SSSR count). The fourth-order valence-electron chi connectivity index (χ4n) is 4.43. The first-order valence-electron chi connectivity index (χ1n) is 11.3. The van der Waals surface area contributed by atoms with E-state index >= 15 is 0 Å². The summed E-state index contributed by atoms with van der Waals surface area (Å²) in [6.45, 7) is 2.01. The van der Waals surface area contributed by atoms with Crippen molar-refractivity contribution in [3.63, 3.8) is 0 Å². The van der Waals surface area contributed by atoms with E-state index in [0.29, 0.717) is 28.1 Å². The number of hydrogen-bond donors (Lipinski definition) is 1. The van der Waals surface area contributed by atoms with E-state index < -0.39 is 17.9 Å². The zero-order valence-corrected chi connectivity index (χ0v) is 19.3. The lowest BCUT2D eigenvalue weighted by atomic mass is 10.1. The minimum absolute atomic E-state index is 0.213. The van der Waals surface area contributed by atoms with Gasteiger partial charge >= 0.3 is 5.97 Å². The van der Waals surface area contributed by atoms with Crippen LogP contribution in [0.2, 0.25) is 0 Å². The van der Waals surface area contributed by atoms with Gasteiger partial charge in [-0.05, 0) is 30.9 Å². The van der Waals surface area contributed by atoms with Crippen LogP contribution in [0.3, 0.4) is 0 Å². The van der Waals surface area contributed by atoms with Crippen molar-refractivity contribution in [2.45, 2.75) is 38.3 Å². The van der Waals surface area contributed by atoms with Gasteiger partial charge in [0.2, 0.25) is 5.95 Å². The lowest BCUT2D eigenvalue weighted by Gasteiger charge is -2.29. The second kappa shape index (κ2) is 9.27. The first kappa shape index (κ1) is 22.1. The van der Waals surface area contributed by atoms with Gasteiger partial charge in [-0.3, -0.25) is 14.2 Å². The molecule has 34 heavy (non-hydrogen) atoms. The number of nitrogens with one attached hydrogen (secondary N) is 1. The summed E-state index contributed by atoms with van der Waals surface area (Å²) in [6, 6.07) is 8.71. The number of nitrogens with zero attached hydrogens (tertiary/aromatic N) is 4. The van der Waals surface area contributed by atoms with E-state index in [1.807, 2.05) is 12.1 Å². The third-order valence-electron chi connectivity index (χ3n) is 6.25. The van der Waals surface area contributed by atoms with Gasteiger partial charge in [-0.15, -0.1) is 11.3 Å². The van der Waals surface area contributed by atoms with Gasteiger partial charge < -0.3 is 15.0 Å². The fraction of sp³-hybridized carbons (Fsp3) is 0.375. The molecule has 2 fully saturated rings. The number of fused-ring (bicyclic) bond motifs is 1. The minimum atomic E-state index is -0.688. The number of nitriles is 1. The normalized spacial score (nSPS) is 18.0. The molecule has 1 amide bonds. The number of esters is 1. The van der Waals surface area contributed by atoms with Crippen LogP contribution in [0.4, 0.5) is 5.95 Å². The monoisotopic (exact) mass is 477 g/mol. The van der Waals surface area contributed by atoms with Crippen molar-refractivity contribution >= 4 is 39.4 Å². The molecule has 174 valence electrons. The predicted molar refractivity (Wildman–Crippen MR) is 127 cm³/mol. The molecule has 1 atom stereocenters. The number of aromatic nitrogens is 2. The number of cyclic esters (lactones) is 1. The highest BCUT2D eigenvalue weighted by Gasteiger charge is 2.30. The smallest absolute Gasteiger partial charge is 0.328 e. The second-order valence-corrected chi connectivity index (χ2v) is 9.31. The van der Waals surface area contributed by atoms with Crippen LogP contribution in [0, 0.1) is 11.3 Å². The molecular weight excluding hydrogens is 454 g/mol. The minimum Gasteiger partial charge on any atom is -0.464 e. The number of anilines is 1. The number of thiophene rings is 1. The summed E-state index contributed by atoms with van der Waals surface area (Å²) in [5.74, 6) is -0.398. The van der Waals surface area contributed by atoms with Crippen molar-refractivity contribution in [1.29, 1.82) is 5.26 Å². The first-order chi connectivity index (χ1) is 16.6. The van der Waals surface area contributed by atoms with Gasteiger partial charge in [0.15, 0.2) is 0 Å². The maximum absolute atomic E-state index is 13.6. The Kier molecular flexibility index (Phi) is 6.02. The Hall–Kier alpha value is -3.71. The van der Waals surface area contributed by atoms with Gasteiger partial charge in [-0.1, -0.05) is 18.2 Å². The standard InChI is InChI=1S/C24H23N5O4S/c25-12-15-6-2-3-7-16(15)13-29-22(31)20-19(27-24(29)28-9-4-1-5-10-28)17(14-34-20)21(30)26-18-8-11-33-23(18)32/h2-3,6-7,14,18H,1,4-5,8-11,13H2,(H,26,30). The van der Waals surface area contributed by atoms with Crippen molar-refractivity contribution in [3.05, 3.63) is 56.7 Å². The number of rotatable bonds is 5. The van der Waals surface area contributed by atoms with Crippen molar-refractivity contribution in [3.8, 4) is 6.07 Å². The molecule has 0 radical (unpaired) electrons. The van der Waals surface area contributed by atoms with Gasteiger partial charge in [0.25, 0.3) is 11.5 Å². The number of benzene rings is 1. The first-order valence-corrected chi connectivity index (χ1v) is 12.2. The third kappa shape index (κ3) is 4.03. The molecule has 0 saturated carbocycles. The molecule has 0 bridgehead atoms. The molecule has 1 N–H and O–H groups in total. The van der Waals surface area contributed by atoms with E-state index in [1.54, 1.807) is 22.1 Å². The zero-order chi connectivity index (χ0) is 23.7. The molecule has 10 heteroatoms. The van der Waals surface area contributed by atoms with Crippen LogP contribution in [0.5, 0.6) is 0 Å². The van der Waals surface area contributed by atoms with Crippen molar-refractivity contribution < 1.29 is 14.3 Å². The van der Waals surface area contributed by atoms with Crippen LogP contribution in [0.15, 0.2) is 34.4 Å². The summed E-state index contributed by atoms with van der Waals surface area (Å²) in [4.78, 5) is 45.3. The van der Waals surface area contributed by atoms with E-state index in [-0.39, 0.29) is 24.3 Å². The molecule has 0 aliphatic carbocycles. The van der Waals surface area contributed by atoms with Gasteiger partial charge in [-0.25, -0.2) is 9.78 Å². The van der Waals surface area contributed by atoms with Crippen molar-refractivity contribution in [2.24, 2.45) is 0 Å². The average Bonchev–Trinajstić information content (AvgIpc) is 3.47. The van der Waals surface area contributed by atoms with Crippen LogP contribution in [0.1, 0.15) is 47.2 Å². The summed E-state index contributed by atoms with van der Waals surface area (Å²) in [5, 5.41) is 13.8. The molecule has 0 spiro atoms. The maximum Gasteiger partial charge on any atom is 0.328 e. The number of carbonyl (C=O) groups is 2. The molecule has 2 aromatic heterocycles. The molecule has 9 nitrogen and oxygen atoms in total. The topological polar surface area (TPSA) is 117 Å². The number of piperidine rings is 1. The Bertz CT molecular complexity index is 1370. The van der Waals surface area contributed by atoms with Gasteiger partial charge in [0, 0.05) is 24.9 Å². The Balaban J connectivity index is 1.59. The summed E-state index contributed by atoms with van der Waals surface area (Å²) in [7, 11) is 0. The van der Waals surface area contributed by atoms with Crippen LogP contribution >= 0.6 is 11.3 Å². The predicted octanol–water partition coefficient (Wildman–Crippen LogP) is 2.41. The molecular formula is C24H23N5O4S. The Morgan fingerprint density at radius 1 is 1.24 bits per heavy atom. The number of carbonyl (C=O) groups excluding carboxylic acids is 2. The van der Waals surface area contributed by atoms with E-state index in [4.69, 9.17) is 9.72 Å². The number of ether oxygens (including phenoxy) is 1. The lowest BCUT2D eigenvalue weighted by Crippen LogP contribution is -2.38. The Labute approximate surface area is 199 Å². The van der Waals surface area contributed by atoms with Crippen molar-refractivity contribution in [2.75, 3.05) is 24.6 Å². The van der Waals surface area contributed by atoms with Crippen LogP contribution < -0.4 is 15.8 Å². The number of hydrogen-bond acceptors (Lipinski definition) is 8. The Morgan fingerprint density at radius 3 is 2.76 bits per heavy atom. The highest BCUT2D eigenvalue weighted by atomic mass is 32.1. The molecule has 2 aliphatic rings. The van der Waals surface area contributed by atoms with Gasteiger partial charge in [0.1, 0.15) is 16.3 Å². The summed E-state index contributed by atoms with van der Waals surface area (Å²) >= 11 is 1.16. The SMILES string of the molecule is N#Cc1ccccc1Cn1c(N2CCCCC2)nc2c(C(=O)NC3CCOC3=O)csc2c1=O. The van der Waals surface area contributed by atoms with Gasteiger partial charge in [-0.2, -0.15) is 5.26 Å². The molecule has 3 aromatic rings. The highest BCUT2D eigenvalue weighted by Crippen LogP contribution is 2.27. The van der Waals surface area contributed by atoms with Crippen LogP contribution in [-0.4, -0.2) is 47.2 Å². The van der Waals surface area contributed by atoms with E-state index in [0.717, 1.165) is 49.3 Å². The van der Waals surface area contributed by atoms with E-state index in [1.165, 1.54) is 0 Å². The summed E-state index contributed by atoms with van der Waals surface area (Å²) < 4.78 is 6.91. The average molecular weight is 478 g/mol. The van der Waals surface area contributed by atoms with Gasteiger partial charge in [0.05, 0.1) is 30.3 Å². The van der Waals surface area contributed by atoms with Crippen LogP contribution in [-0.2, 0) is 16.1 Å². The van der Waals surface area contributed by atoms with E-state index in [9.17, 15) is 19.6 Å². The third-order valence-corrected chi connectivity index (χ3v) is 7.21. The second-order valence-electron chi connectivity index (χ2n) is 8.43. The molecule has 1 unspecified atom stereocenters. The fourth-order valence-corrected chi connectivity index (χ4v) is 5.36. The quantitative estimate of drug-likeness (QED) is 0.561. The molecule has 4 heterocycles. The maximum atomic E-state index is 13.6. The Morgan fingerprint density at radius 2 is 2.03 bits per heavy atom. The lowest BCUT2D eigenvalue weighted by molar-refractivity contribution is -0.139. The highest BCUT2D eigenvalue weighted by molar-refractivity contribution is 7.17.